The summed E-state index contributed by atoms with van der Waals surface area (Å²) in [6.45, 7) is 0. The number of nitrogen functional groups attached to an aromatic ring is 1. The summed E-state index contributed by atoms with van der Waals surface area (Å²) in [5.41, 5.74) is 10.4. The Morgan fingerprint density at radius 1 is 1.26 bits per heavy atom. The summed E-state index contributed by atoms with van der Waals surface area (Å²) in [6, 6.07) is 11.9. The largest absolute Gasteiger partial charge is 0.440 e. The van der Waals surface area contributed by atoms with Gasteiger partial charge in [-0.25, -0.2) is 4.98 Å². The van der Waals surface area contributed by atoms with Gasteiger partial charge in [0.15, 0.2) is 5.58 Å². The van der Waals surface area contributed by atoms with E-state index in [0.717, 1.165) is 17.8 Å². The minimum Gasteiger partial charge on any atom is -0.440 e. The first-order chi connectivity index (χ1) is 9.22. The average molecular weight is 271 g/mol. The van der Waals surface area contributed by atoms with E-state index in [1.165, 1.54) is 11.1 Å². The third-order valence-electron chi connectivity index (χ3n) is 3.68. The first-order valence-electron chi connectivity index (χ1n) is 6.15. The van der Waals surface area contributed by atoms with E-state index in [9.17, 15) is 0 Å². The molecule has 0 radical (unpaired) electrons. The van der Waals surface area contributed by atoms with Crippen molar-refractivity contribution in [1.82, 2.24) is 4.98 Å². The molecule has 1 atom stereocenters. The number of rotatable bonds is 1. The summed E-state index contributed by atoms with van der Waals surface area (Å²) in [7, 11) is 0. The standard InChI is InChI=1S/C15H11ClN2O/c16-11-6-13-14(7-12(11)17)19-15(18-13)10-5-8-3-1-2-4-9(8)10/h1-4,6-7,10H,5,17H2. The molecule has 0 bridgehead atoms. The van der Waals surface area contributed by atoms with E-state index in [0.29, 0.717) is 16.3 Å². The molecule has 0 amide bonds. The highest BCUT2D eigenvalue weighted by atomic mass is 35.5. The van der Waals surface area contributed by atoms with Crippen LogP contribution in [-0.4, -0.2) is 4.98 Å². The zero-order valence-electron chi connectivity index (χ0n) is 10.1. The fraction of sp³-hybridized carbons (Fsp3) is 0.133. The summed E-state index contributed by atoms with van der Waals surface area (Å²) in [5, 5.41) is 0.515. The third kappa shape index (κ3) is 1.55. The van der Waals surface area contributed by atoms with Gasteiger partial charge in [0, 0.05) is 6.07 Å². The maximum Gasteiger partial charge on any atom is 0.203 e. The van der Waals surface area contributed by atoms with Gasteiger partial charge in [-0.3, -0.25) is 0 Å². The van der Waals surface area contributed by atoms with Gasteiger partial charge in [0.1, 0.15) is 5.52 Å². The number of nitrogens with two attached hydrogens (primary N) is 1. The number of oxazole rings is 1. The van der Waals surface area contributed by atoms with Crippen LogP contribution in [0.25, 0.3) is 11.1 Å². The van der Waals surface area contributed by atoms with Crippen LogP contribution < -0.4 is 5.73 Å². The second kappa shape index (κ2) is 3.75. The number of nitrogens with zero attached hydrogens (tertiary/aromatic N) is 1. The van der Waals surface area contributed by atoms with Crippen molar-refractivity contribution in [2.75, 3.05) is 5.73 Å². The van der Waals surface area contributed by atoms with Crippen LogP contribution in [0.15, 0.2) is 40.8 Å². The van der Waals surface area contributed by atoms with E-state index in [-0.39, 0.29) is 5.92 Å². The maximum atomic E-state index is 6.00. The minimum atomic E-state index is 0.253. The second-order valence-electron chi connectivity index (χ2n) is 4.85. The lowest BCUT2D eigenvalue weighted by molar-refractivity contribution is 0.476. The SMILES string of the molecule is Nc1cc2oc(C3Cc4ccccc43)nc2cc1Cl. The lowest BCUT2D eigenvalue weighted by Gasteiger charge is -2.27. The zero-order valence-corrected chi connectivity index (χ0v) is 10.8. The molecule has 1 aromatic heterocycles. The molecule has 19 heavy (non-hydrogen) atoms. The van der Waals surface area contributed by atoms with Crippen LogP contribution in [0.5, 0.6) is 0 Å². The van der Waals surface area contributed by atoms with Crippen molar-refractivity contribution < 1.29 is 4.42 Å². The second-order valence-corrected chi connectivity index (χ2v) is 5.26. The quantitative estimate of drug-likeness (QED) is 0.685. The monoisotopic (exact) mass is 270 g/mol. The van der Waals surface area contributed by atoms with Crippen molar-refractivity contribution in [3.8, 4) is 0 Å². The molecule has 3 nitrogen and oxygen atoms in total. The Morgan fingerprint density at radius 3 is 2.95 bits per heavy atom. The van der Waals surface area contributed by atoms with Crippen molar-refractivity contribution in [3.05, 3.63) is 58.4 Å². The highest BCUT2D eigenvalue weighted by Crippen LogP contribution is 2.40. The van der Waals surface area contributed by atoms with Gasteiger partial charge in [0.05, 0.1) is 16.6 Å². The highest BCUT2D eigenvalue weighted by molar-refractivity contribution is 6.33. The van der Waals surface area contributed by atoms with Crippen LogP contribution in [0.1, 0.15) is 22.9 Å². The number of hydrogen-bond acceptors (Lipinski definition) is 3. The van der Waals surface area contributed by atoms with E-state index in [4.69, 9.17) is 21.8 Å². The van der Waals surface area contributed by atoms with Gasteiger partial charge in [-0.2, -0.15) is 0 Å². The van der Waals surface area contributed by atoms with Crippen molar-refractivity contribution in [2.45, 2.75) is 12.3 Å². The van der Waals surface area contributed by atoms with E-state index < -0.39 is 0 Å². The predicted octanol–water partition coefficient (Wildman–Crippen LogP) is 3.75. The molecular formula is C15H11ClN2O. The van der Waals surface area contributed by atoms with Gasteiger partial charge in [-0.05, 0) is 23.6 Å². The van der Waals surface area contributed by atoms with Crippen LogP contribution in [0.4, 0.5) is 5.69 Å². The van der Waals surface area contributed by atoms with Crippen LogP contribution in [0.2, 0.25) is 5.02 Å². The minimum absolute atomic E-state index is 0.253. The Balaban J connectivity index is 1.82. The molecule has 0 saturated carbocycles. The first-order valence-corrected chi connectivity index (χ1v) is 6.53. The molecule has 4 rings (SSSR count). The molecule has 0 saturated heterocycles. The summed E-state index contributed by atoms with van der Waals surface area (Å²) >= 11 is 6.00. The molecule has 4 heteroatoms. The van der Waals surface area contributed by atoms with E-state index in [2.05, 4.69) is 23.2 Å². The fourth-order valence-corrected chi connectivity index (χ4v) is 2.77. The van der Waals surface area contributed by atoms with Crippen LogP contribution >= 0.6 is 11.6 Å². The van der Waals surface area contributed by atoms with Crippen molar-refractivity contribution >= 4 is 28.4 Å². The molecule has 1 unspecified atom stereocenters. The fourth-order valence-electron chi connectivity index (χ4n) is 2.61. The van der Waals surface area contributed by atoms with Gasteiger partial charge in [0.2, 0.25) is 5.89 Å². The Hall–Kier alpha value is -2.00. The maximum absolute atomic E-state index is 6.00. The Bertz CT molecular complexity index is 755. The number of hydrogen-bond donors (Lipinski definition) is 1. The lowest BCUT2D eigenvalue weighted by Crippen LogP contribution is -2.18. The lowest BCUT2D eigenvalue weighted by atomic mass is 9.77. The normalized spacial score (nSPS) is 17.2. The van der Waals surface area contributed by atoms with Crippen LogP contribution in [0.3, 0.4) is 0 Å². The molecular weight excluding hydrogens is 260 g/mol. The molecule has 2 aromatic carbocycles. The molecule has 94 valence electrons. The van der Waals surface area contributed by atoms with Crippen LogP contribution in [0, 0.1) is 0 Å². The molecule has 1 heterocycles. The van der Waals surface area contributed by atoms with Gasteiger partial charge < -0.3 is 10.2 Å². The predicted molar refractivity (Wildman–Crippen MR) is 75.4 cm³/mol. The molecule has 0 aliphatic heterocycles. The number of halogens is 1. The first kappa shape index (κ1) is 10.9. The van der Waals surface area contributed by atoms with Crippen molar-refractivity contribution in [1.29, 1.82) is 0 Å². The molecule has 1 aliphatic carbocycles. The Morgan fingerprint density at radius 2 is 2.11 bits per heavy atom. The van der Waals surface area contributed by atoms with Gasteiger partial charge in [-0.15, -0.1) is 0 Å². The number of fused-ring (bicyclic) bond motifs is 2. The summed E-state index contributed by atoms with van der Waals surface area (Å²) in [4.78, 5) is 4.53. The van der Waals surface area contributed by atoms with E-state index in [1.54, 1.807) is 12.1 Å². The Labute approximate surface area is 115 Å². The molecule has 0 spiro atoms. The van der Waals surface area contributed by atoms with E-state index in [1.807, 2.05) is 6.07 Å². The molecule has 3 aromatic rings. The number of aromatic nitrogens is 1. The average Bonchev–Trinajstić information content (AvgIpc) is 2.74. The number of benzene rings is 2. The van der Waals surface area contributed by atoms with Crippen LogP contribution in [-0.2, 0) is 6.42 Å². The van der Waals surface area contributed by atoms with Crippen molar-refractivity contribution in [3.63, 3.8) is 0 Å². The van der Waals surface area contributed by atoms with E-state index >= 15 is 0 Å². The van der Waals surface area contributed by atoms with Gasteiger partial charge >= 0.3 is 0 Å². The van der Waals surface area contributed by atoms with Gasteiger partial charge in [0.25, 0.3) is 0 Å². The number of anilines is 1. The summed E-state index contributed by atoms with van der Waals surface area (Å²) < 4.78 is 5.81. The van der Waals surface area contributed by atoms with Gasteiger partial charge in [-0.1, -0.05) is 35.9 Å². The Kier molecular flexibility index (Phi) is 2.15. The summed E-state index contributed by atoms with van der Waals surface area (Å²) in [6.07, 6.45) is 0.978. The molecule has 1 aliphatic rings. The molecule has 0 fully saturated rings. The summed E-state index contributed by atoms with van der Waals surface area (Å²) in [5.74, 6) is 0.999. The topological polar surface area (TPSA) is 52.0 Å². The zero-order chi connectivity index (χ0) is 13.0. The van der Waals surface area contributed by atoms with Crippen molar-refractivity contribution in [2.24, 2.45) is 0 Å². The smallest absolute Gasteiger partial charge is 0.203 e. The third-order valence-corrected chi connectivity index (χ3v) is 4.00. The molecule has 2 N–H and O–H groups in total. The highest BCUT2D eigenvalue weighted by Gasteiger charge is 2.31.